The molecule has 0 spiro atoms. The number of halogens is 2. The van der Waals surface area contributed by atoms with E-state index in [4.69, 9.17) is 10.1 Å². The highest BCUT2D eigenvalue weighted by molar-refractivity contribution is 5.76. The molecule has 0 N–H and O–H groups in total. The molecule has 3 nitrogen and oxygen atoms in total. The molecule has 5 rings (SSSR count). The molecule has 0 aliphatic carbocycles. The zero-order valence-corrected chi connectivity index (χ0v) is 27.7. The standard InChI is InChI=1S/C41H47F2N3/c1-4-7-9-11-14-30-16-20-32(21-17-30)34-26-35(33-22-18-31(19-23-33)15-12-10-8-5-2)28-37(27-34)46-40(13-6-3)44-41(45-46)38-25-24-36(42)29-39(38)43/h16-29H,4-15H2,1-3H3. The van der Waals surface area contributed by atoms with E-state index in [1.165, 1.54) is 74.6 Å². The Morgan fingerprint density at radius 3 is 1.61 bits per heavy atom. The van der Waals surface area contributed by atoms with Gasteiger partial charge < -0.3 is 0 Å². The first-order valence-corrected chi connectivity index (χ1v) is 17.2. The number of nitrogens with zero attached hydrogens (tertiary/aromatic N) is 3. The molecule has 0 aliphatic heterocycles. The van der Waals surface area contributed by atoms with Gasteiger partial charge in [-0.25, -0.2) is 18.4 Å². The molecule has 0 aliphatic rings. The van der Waals surface area contributed by atoms with E-state index in [1.54, 1.807) is 0 Å². The second-order valence-corrected chi connectivity index (χ2v) is 12.4. The van der Waals surface area contributed by atoms with Crippen molar-refractivity contribution in [2.45, 2.75) is 97.8 Å². The summed E-state index contributed by atoms with van der Waals surface area (Å²) in [5.41, 5.74) is 8.21. The smallest absolute Gasteiger partial charge is 0.184 e. The molecule has 0 atom stereocenters. The van der Waals surface area contributed by atoms with Crippen molar-refractivity contribution in [2.75, 3.05) is 0 Å². The SMILES string of the molecule is CCCCCCc1ccc(-c2cc(-c3ccc(CCCCCC)cc3)cc(-n3nc(-c4ccc(F)cc4F)nc3CCC)c2)cc1. The van der Waals surface area contributed by atoms with Crippen molar-refractivity contribution in [2.24, 2.45) is 0 Å². The van der Waals surface area contributed by atoms with E-state index in [9.17, 15) is 8.78 Å². The Kier molecular flexibility index (Phi) is 11.9. The van der Waals surface area contributed by atoms with Gasteiger partial charge in [0.15, 0.2) is 5.82 Å². The molecule has 0 fully saturated rings. The molecule has 0 unspecified atom stereocenters. The van der Waals surface area contributed by atoms with Crippen molar-refractivity contribution in [1.29, 1.82) is 0 Å². The van der Waals surface area contributed by atoms with E-state index in [0.717, 1.165) is 59.1 Å². The third kappa shape index (κ3) is 8.57. The molecule has 46 heavy (non-hydrogen) atoms. The second-order valence-electron chi connectivity index (χ2n) is 12.4. The van der Waals surface area contributed by atoms with Crippen LogP contribution in [0.25, 0.3) is 39.3 Å². The summed E-state index contributed by atoms with van der Waals surface area (Å²) < 4.78 is 30.3. The number of hydrogen-bond acceptors (Lipinski definition) is 2. The minimum Gasteiger partial charge on any atom is -0.217 e. The number of aryl methyl sites for hydroxylation is 3. The monoisotopic (exact) mass is 619 g/mol. The Morgan fingerprint density at radius 1 is 0.543 bits per heavy atom. The first-order valence-electron chi connectivity index (χ1n) is 17.2. The first kappa shape index (κ1) is 33.2. The number of unbranched alkanes of at least 4 members (excludes halogenated alkanes) is 6. The maximum Gasteiger partial charge on any atom is 0.184 e. The highest BCUT2D eigenvalue weighted by Gasteiger charge is 2.18. The van der Waals surface area contributed by atoms with E-state index < -0.39 is 11.6 Å². The molecular weight excluding hydrogens is 572 g/mol. The van der Waals surface area contributed by atoms with Crippen LogP contribution in [0.4, 0.5) is 8.78 Å². The lowest BCUT2D eigenvalue weighted by Gasteiger charge is -2.13. The van der Waals surface area contributed by atoms with Gasteiger partial charge in [0.2, 0.25) is 0 Å². The van der Waals surface area contributed by atoms with Crippen molar-refractivity contribution in [3.05, 3.63) is 114 Å². The number of hydrogen-bond donors (Lipinski definition) is 0. The minimum absolute atomic E-state index is 0.193. The maximum absolute atomic E-state index is 14.8. The molecular formula is C41H47F2N3. The van der Waals surface area contributed by atoms with Crippen LogP contribution in [0.2, 0.25) is 0 Å². The molecule has 1 heterocycles. The summed E-state index contributed by atoms with van der Waals surface area (Å²) in [7, 11) is 0. The normalized spacial score (nSPS) is 11.3. The number of benzene rings is 4. The fourth-order valence-corrected chi connectivity index (χ4v) is 6.03. The van der Waals surface area contributed by atoms with Crippen molar-refractivity contribution < 1.29 is 8.78 Å². The lowest BCUT2D eigenvalue weighted by molar-refractivity contribution is 0.585. The summed E-state index contributed by atoms with van der Waals surface area (Å²) in [4.78, 5) is 4.74. The largest absolute Gasteiger partial charge is 0.217 e. The molecule has 0 bridgehead atoms. The molecule has 4 aromatic carbocycles. The van der Waals surface area contributed by atoms with Crippen LogP contribution in [0.3, 0.4) is 0 Å². The zero-order valence-electron chi connectivity index (χ0n) is 27.7. The van der Waals surface area contributed by atoms with Gasteiger partial charge in [-0.3, -0.25) is 0 Å². The molecule has 0 saturated carbocycles. The quantitative estimate of drug-likeness (QED) is 0.103. The fraction of sp³-hybridized carbons (Fsp3) is 0.366. The van der Waals surface area contributed by atoms with E-state index in [-0.39, 0.29) is 11.4 Å². The Hall–Kier alpha value is -4.12. The Labute approximate surface area is 273 Å². The Morgan fingerprint density at radius 2 is 1.11 bits per heavy atom. The van der Waals surface area contributed by atoms with Crippen LogP contribution in [-0.2, 0) is 19.3 Å². The van der Waals surface area contributed by atoms with E-state index >= 15 is 0 Å². The summed E-state index contributed by atoms with van der Waals surface area (Å²) in [5, 5.41) is 4.80. The summed E-state index contributed by atoms with van der Waals surface area (Å²) in [6.45, 7) is 6.58. The predicted octanol–water partition coefficient (Wildman–Crippen LogP) is 11.7. The van der Waals surface area contributed by atoms with Gasteiger partial charge in [-0.1, -0.05) is 108 Å². The summed E-state index contributed by atoms with van der Waals surface area (Å²) in [6.07, 6.45) is 13.7. The molecule has 1 aromatic heterocycles. The first-order chi connectivity index (χ1) is 22.5. The lowest BCUT2D eigenvalue weighted by Crippen LogP contribution is -2.04. The van der Waals surface area contributed by atoms with Crippen molar-refractivity contribution in [3.8, 4) is 39.3 Å². The van der Waals surface area contributed by atoms with Gasteiger partial charge in [0.1, 0.15) is 17.5 Å². The van der Waals surface area contributed by atoms with Crippen LogP contribution in [0.1, 0.15) is 95.5 Å². The second kappa shape index (κ2) is 16.4. The van der Waals surface area contributed by atoms with E-state index in [0.29, 0.717) is 6.42 Å². The van der Waals surface area contributed by atoms with Gasteiger partial charge >= 0.3 is 0 Å². The average Bonchev–Trinajstić information content (AvgIpc) is 3.49. The third-order valence-corrected chi connectivity index (χ3v) is 8.69. The Balaban J connectivity index is 1.53. The van der Waals surface area contributed by atoms with Gasteiger partial charge in [-0.15, -0.1) is 5.10 Å². The van der Waals surface area contributed by atoms with Gasteiger partial charge in [0.25, 0.3) is 0 Å². The summed E-state index contributed by atoms with van der Waals surface area (Å²) in [5.74, 6) is -0.285. The molecule has 0 amide bonds. The summed E-state index contributed by atoms with van der Waals surface area (Å²) >= 11 is 0. The van der Waals surface area contributed by atoms with Crippen LogP contribution in [0.5, 0.6) is 0 Å². The van der Waals surface area contributed by atoms with Crippen molar-refractivity contribution in [3.63, 3.8) is 0 Å². The minimum atomic E-state index is -0.667. The van der Waals surface area contributed by atoms with Gasteiger partial charge in [-0.2, -0.15) is 0 Å². The van der Waals surface area contributed by atoms with E-state index in [2.05, 4.69) is 87.5 Å². The van der Waals surface area contributed by atoms with Crippen LogP contribution in [-0.4, -0.2) is 14.8 Å². The zero-order chi connectivity index (χ0) is 32.3. The number of rotatable bonds is 16. The molecule has 0 radical (unpaired) electrons. The van der Waals surface area contributed by atoms with Crippen molar-refractivity contribution >= 4 is 0 Å². The molecule has 0 saturated heterocycles. The van der Waals surface area contributed by atoms with Gasteiger partial charge in [-0.05, 0) is 95.8 Å². The van der Waals surface area contributed by atoms with E-state index in [1.807, 2.05) is 4.68 Å². The molecule has 240 valence electrons. The Bertz CT molecular complexity index is 1610. The highest BCUT2D eigenvalue weighted by atomic mass is 19.1. The van der Waals surface area contributed by atoms with Crippen molar-refractivity contribution in [1.82, 2.24) is 14.8 Å². The lowest BCUT2D eigenvalue weighted by atomic mass is 9.95. The topological polar surface area (TPSA) is 30.7 Å². The number of aromatic nitrogens is 3. The fourth-order valence-electron chi connectivity index (χ4n) is 6.03. The van der Waals surface area contributed by atoms with Crippen LogP contribution in [0, 0.1) is 11.6 Å². The molecule has 5 heteroatoms. The van der Waals surface area contributed by atoms with Crippen LogP contribution >= 0.6 is 0 Å². The van der Waals surface area contributed by atoms with Crippen LogP contribution < -0.4 is 0 Å². The summed E-state index contributed by atoms with van der Waals surface area (Å²) in [6, 6.07) is 27.9. The van der Waals surface area contributed by atoms with Gasteiger partial charge in [0.05, 0.1) is 11.3 Å². The predicted molar refractivity (Wildman–Crippen MR) is 187 cm³/mol. The highest BCUT2D eigenvalue weighted by Crippen LogP contribution is 2.32. The van der Waals surface area contributed by atoms with Crippen LogP contribution in [0.15, 0.2) is 84.9 Å². The maximum atomic E-state index is 14.8. The average molecular weight is 620 g/mol. The third-order valence-electron chi connectivity index (χ3n) is 8.69. The molecule has 5 aromatic rings. The van der Waals surface area contributed by atoms with Gasteiger partial charge in [0, 0.05) is 12.5 Å².